The molecule has 29 heavy (non-hydrogen) atoms. The minimum Gasteiger partial charge on any atom is -0.383 e. The van der Waals surface area contributed by atoms with Gasteiger partial charge in [0.15, 0.2) is 0 Å². The van der Waals surface area contributed by atoms with Crippen molar-refractivity contribution in [3.63, 3.8) is 0 Å². The molecule has 0 saturated heterocycles. The number of nitrogens with one attached hydrogen (secondary N) is 1. The number of carbonyl (C=O) groups excluding carboxylic acids is 2. The van der Waals surface area contributed by atoms with Crippen molar-refractivity contribution in [2.45, 2.75) is 45.2 Å². The molecular weight excluding hydrogens is 366 g/mol. The number of carbonyl (C=O) groups is 2. The average molecular weight is 398 g/mol. The standard InChI is InChI=1S/C23H31N3O3/c1-4-19(17-10-6-5-7-11-17)24-22(27)18-16-21(23(28)25(2)14-15-29-3)26-13-9-8-12-20(18)26/h5-7,10-11,16,19H,4,8-9,12-15H2,1-3H3,(H,24,27)/t19-/m1/s1. The second-order valence-electron chi connectivity index (χ2n) is 7.56. The number of likely N-dealkylation sites (N-methyl/N-ethyl adjacent to an activating group) is 1. The summed E-state index contributed by atoms with van der Waals surface area (Å²) >= 11 is 0. The van der Waals surface area contributed by atoms with E-state index in [1.165, 1.54) is 0 Å². The van der Waals surface area contributed by atoms with Crippen molar-refractivity contribution in [1.82, 2.24) is 14.8 Å². The van der Waals surface area contributed by atoms with E-state index < -0.39 is 0 Å². The Morgan fingerprint density at radius 3 is 2.69 bits per heavy atom. The van der Waals surface area contributed by atoms with Gasteiger partial charge in [0, 0.05) is 32.9 Å². The molecule has 0 bridgehead atoms. The van der Waals surface area contributed by atoms with Gasteiger partial charge < -0.3 is 19.5 Å². The Bertz CT molecular complexity index is 845. The minimum atomic E-state index is -0.107. The number of ether oxygens (including phenoxy) is 1. The molecule has 0 aliphatic carbocycles. The van der Waals surface area contributed by atoms with Gasteiger partial charge in [0.25, 0.3) is 11.8 Å². The van der Waals surface area contributed by atoms with Crippen LogP contribution in [0.3, 0.4) is 0 Å². The van der Waals surface area contributed by atoms with E-state index in [-0.39, 0.29) is 17.9 Å². The molecule has 0 fully saturated rings. The summed E-state index contributed by atoms with van der Waals surface area (Å²) in [6, 6.07) is 11.7. The number of benzene rings is 1. The van der Waals surface area contributed by atoms with Crippen LogP contribution >= 0.6 is 0 Å². The third kappa shape index (κ3) is 4.70. The normalized spacial score (nSPS) is 14.2. The molecule has 1 aromatic carbocycles. The molecule has 1 aromatic heterocycles. The number of hydrogen-bond acceptors (Lipinski definition) is 3. The van der Waals surface area contributed by atoms with Gasteiger partial charge in [-0.2, -0.15) is 0 Å². The molecule has 0 spiro atoms. The summed E-state index contributed by atoms with van der Waals surface area (Å²) in [6.45, 7) is 3.84. The maximum Gasteiger partial charge on any atom is 0.270 e. The highest BCUT2D eigenvalue weighted by Gasteiger charge is 2.27. The lowest BCUT2D eigenvalue weighted by Crippen LogP contribution is -2.32. The van der Waals surface area contributed by atoms with Gasteiger partial charge in [0.1, 0.15) is 5.69 Å². The van der Waals surface area contributed by atoms with E-state index in [9.17, 15) is 9.59 Å². The van der Waals surface area contributed by atoms with Crippen molar-refractivity contribution in [3.8, 4) is 0 Å². The Balaban J connectivity index is 1.86. The summed E-state index contributed by atoms with van der Waals surface area (Å²) in [6.07, 6.45) is 3.68. The summed E-state index contributed by atoms with van der Waals surface area (Å²) in [7, 11) is 3.39. The van der Waals surface area contributed by atoms with Crippen LogP contribution in [0.15, 0.2) is 36.4 Å². The van der Waals surface area contributed by atoms with E-state index in [4.69, 9.17) is 4.74 Å². The lowest BCUT2D eigenvalue weighted by atomic mass is 10.0. The molecule has 6 nitrogen and oxygen atoms in total. The molecule has 1 aliphatic heterocycles. The first-order chi connectivity index (χ1) is 14.1. The summed E-state index contributed by atoms with van der Waals surface area (Å²) < 4.78 is 7.12. The SMILES string of the molecule is CC[C@@H](NC(=O)c1cc(C(=O)N(C)CCOC)n2c1CCCC2)c1ccccc1. The highest BCUT2D eigenvalue weighted by molar-refractivity contribution is 6.00. The maximum absolute atomic E-state index is 13.2. The van der Waals surface area contributed by atoms with Gasteiger partial charge in [-0.25, -0.2) is 0 Å². The summed E-state index contributed by atoms with van der Waals surface area (Å²) in [4.78, 5) is 27.8. The van der Waals surface area contributed by atoms with E-state index in [0.29, 0.717) is 24.4 Å². The highest BCUT2D eigenvalue weighted by Crippen LogP contribution is 2.26. The first-order valence-electron chi connectivity index (χ1n) is 10.4. The number of aromatic nitrogens is 1. The second kappa shape index (κ2) is 9.74. The first kappa shape index (κ1) is 21.1. The topological polar surface area (TPSA) is 63.6 Å². The smallest absolute Gasteiger partial charge is 0.270 e. The Hall–Kier alpha value is -2.60. The minimum absolute atomic E-state index is 0.0497. The number of hydrogen-bond donors (Lipinski definition) is 1. The maximum atomic E-state index is 13.2. The van der Waals surface area contributed by atoms with Crippen LogP contribution in [0.2, 0.25) is 0 Å². The lowest BCUT2D eigenvalue weighted by Gasteiger charge is -2.22. The number of nitrogens with zero attached hydrogens (tertiary/aromatic N) is 2. The van der Waals surface area contributed by atoms with Gasteiger partial charge in [-0.1, -0.05) is 37.3 Å². The number of rotatable bonds is 8. The van der Waals surface area contributed by atoms with Crippen molar-refractivity contribution in [2.24, 2.45) is 0 Å². The zero-order valence-corrected chi connectivity index (χ0v) is 17.6. The molecule has 0 unspecified atom stereocenters. The van der Waals surface area contributed by atoms with Crippen LogP contribution in [0.4, 0.5) is 0 Å². The van der Waals surface area contributed by atoms with Crippen LogP contribution in [-0.2, 0) is 17.7 Å². The third-order valence-electron chi connectivity index (χ3n) is 5.61. The average Bonchev–Trinajstić information content (AvgIpc) is 3.15. The van der Waals surface area contributed by atoms with Gasteiger partial charge in [0.05, 0.1) is 18.2 Å². The Labute approximate surface area is 172 Å². The summed E-state index contributed by atoms with van der Waals surface area (Å²) in [5, 5.41) is 3.17. The van der Waals surface area contributed by atoms with Crippen LogP contribution in [0.1, 0.15) is 64.3 Å². The van der Waals surface area contributed by atoms with Crippen molar-refractivity contribution in [3.05, 3.63) is 58.9 Å². The molecule has 3 rings (SSSR count). The van der Waals surface area contributed by atoms with E-state index >= 15 is 0 Å². The highest BCUT2D eigenvalue weighted by atomic mass is 16.5. The molecule has 0 saturated carbocycles. The van der Waals surface area contributed by atoms with Crippen molar-refractivity contribution in [1.29, 1.82) is 0 Å². The van der Waals surface area contributed by atoms with Crippen LogP contribution in [-0.4, -0.2) is 48.6 Å². The summed E-state index contributed by atoms with van der Waals surface area (Å²) in [5.74, 6) is -0.177. The van der Waals surface area contributed by atoms with E-state index in [1.54, 1.807) is 25.1 Å². The fourth-order valence-electron chi connectivity index (χ4n) is 3.92. The van der Waals surface area contributed by atoms with Gasteiger partial charge in [-0.05, 0) is 37.3 Å². The second-order valence-corrected chi connectivity index (χ2v) is 7.56. The van der Waals surface area contributed by atoms with Crippen LogP contribution in [0.25, 0.3) is 0 Å². The Kier molecular flexibility index (Phi) is 7.09. The third-order valence-corrected chi connectivity index (χ3v) is 5.61. The van der Waals surface area contributed by atoms with Gasteiger partial charge in [-0.15, -0.1) is 0 Å². The number of amides is 2. The van der Waals surface area contributed by atoms with Crippen LogP contribution in [0.5, 0.6) is 0 Å². The fourth-order valence-corrected chi connectivity index (χ4v) is 3.92. The van der Waals surface area contributed by atoms with E-state index in [1.807, 2.05) is 34.9 Å². The predicted molar refractivity (Wildman–Crippen MR) is 113 cm³/mol. The molecule has 1 N–H and O–H groups in total. The molecule has 2 aromatic rings. The molecule has 156 valence electrons. The summed E-state index contributed by atoms with van der Waals surface area (Å²) in [5.41, 5.74) is 3.28. The molecule has 6 heteroatoms. The molecule has 2 heterocycles. The van der Waals surface area contributed by atoms with Crippen molar-refractivity contribution >= 4 is 11.8 Å². The van der Waals surface area contributed by atoms with Gasteiger partial charge in [-0.3, -0.25) is 9.59 Å². The first-order valence-corrected chi connectivity index (χ1v) is 10.4. The van der Waals surface area contributed by atoms with Gasteiger partial charge >= 0.3 is 0 Å². The van der Waals surface area contributed by atoms with Gasteiger partial charge in [0.2, 0.25) is 0 Å². The number of fused-ring (bicyclic) bond motifs is 1. The molecule has 1 atom stereocenters. The Morgan fingerprint density at radius 2 is 2.00 bits per heavy atom. The lowest BCUT2D eigenvalue weighted by molar-refractivity contribution is 0.0732. The molecule has 0 radical (unpaired) electrons. The van der Waals surface area contributed by atoms with Crippen molar-refractivity contribution in [2.75, 3.05) is 27.3 Å². The Morgan fingerprint density at radius 1 is 1.24 bits per heavy atom. The van der Waals surface area contributed by atoms with Crippen LogP contribution < -0.4 is 5.32 Å². The molecule has 2 amide bonds. The van der Waals surface area contributed by atoms with E-state index in [2.05, 4.69) is 12.2 Å². The molecule has 1 aliphatic rings. The quantitative estimate of drug-likeness (QED) is 0.742. The van der Waals surface area contributed by atoms with Crippen LogP contribution in [0, 0.1) is 0 Å². The predicted octanol–water partition coefficient (Wildman–Crippen LogP) is 3.42. The monoisotopic (exact) mass is 397 g/mol. The zero-order chi connectivity index (χ0) is 20.8. The number of methoxy groups -OCH3 is 1. The molecular formula is C23H31N3O3. The largest absolute Gasteiger partial charge is 0.383 e. The van der Waals surface area contributed by atoms with Crippen molar-refractivity contribution < 1.29 is 14.3 Å². The fraction of sp³-hybridized carbons (Fsp3) is 0.478. The van der Waals surface area contributed by atoms with E-state index in [0.717, 1.165) is 43.5 Å². The zero-order valence-electron chi connectivity index (χ0n) is 17.6.